The van der Waals surface area contributed by atoms with Gasteiger partial charge in [0.15, 0.2) is 12.7 Å². The maximum atomic E-state index is 12.4. The Labute approximate surface area is 142 Å². The van der Waals surface area contributed by atoms with Crippen molar-refractivity contribution < 1.29 is 37.3 Å². The van der Waals surface area contributed by atoms with E-state index in [0.29, 0.717) is 5.56 Å². The Bertz CT molecular complexity index is 634. The van der Waals surface area contributed by atoms with Gasteiger partial charge in [-0.1, -0.05) is 12.1 Å². The third kappa shape index (κ3) is 5.93. The number of morpholine rings is 1. The van der Waals surface area contributed by atoms with Crippen LogP contribution in [0, 0.1) is 0 Å². The van der Waals surface area contributed by atoms with Crippen LogP contribution in [0.25, 0.3) is 0 Å². The zero-order valence-corrected chi connectivity index (χ0v) is 13.5. The Morgan fingerprint density at radius 3 is 2.72 bits per heavy atom. The molecule has 2 rings (SSSR count). The summed E-state index contributed by atoms with van der Waals surface area (Å²) in [6.45, 7) is 0.447. The summed E-state index contributed by atoms with van der Waals surface area (Å²) in [5.74, 6) is -1.46. The van der Waals surface area contributed by atoms with Crippen LogP contribution in [0.3, 0.4) is 0 Å². The van der Waals surface area contributed by atoms with Crippen LogP contribution in [0.2, 0.25) is 0 Å². The number of benzene rings is 1. The molecule has 0 aliphatic carbocycles. The third-order valence-corrected chi connectivity index (χ3v) is 3.54. The van der Waals surface area contributed by atoms with E-state index in [0.717, 1.165) is 0 Å². The van der Waals surface area contributed by atoms with Gasteiger partial charge in [0.25, 0.3) is 0 Å². The molecule has 2 atom stereocenters. The van der Waals surface area contributed by atoms with Crippen LogP contribution in [-0.4, -0.2) is 60.0 Å². The number of nitrogens with zero attached hydrogens (tertiary/aromatic N) is 1. The fourth-order valence-corrected chi connectivity index (χ4v) is 2.49. The molecule has 1 amide bonds. The maximum Gasteiger partial charge on any atom is 0.422 e. The zero-order chi connectivity index (χ0) is 18.6. The molecule has 6 nitrogen and oxygen atoms in total. The van der Waals surface area contributed by atoms with Crippen molar-refractivity contribution in [2.45, 2.75) is 31.7 Å². The number of rotatable bonds is 5. The summed E-state index contributed by atoms with van der Waals surface area (Å²) in [6, 6.07) is 5.83. The van der Waals surface area contributed by atoms with Gasteiger partial charge in [0.05, 0.1) is 19.1 Å². The standard InChI is InChI=1S/C16H18F3NO5/c1-10-7-20(8-13(25-10)15(22)23)14(21)6-11-3-2-4-12(5-11)24-9-16(17,18)19/h2-5,10,13H,6-9H2,1H3,(H,22,23)/t10-,13?/m1/s1. The minimum atomic E-state index is -4.44. The van der Waals surface area contributed by atoms with Crippen LogP contribution in [0.5, 0.6) is 5.75 Å². The Morgan fingerprint density at radius 1 is 1.36 bits per heavy atom. The predicted octanol–water partition coefficient (Wildman–Crippen LogP) is 1.87. The van der Waals surface area contributed by atoms with Crippen LogP contribution in [0.1, 0.15) is 12.5 Å². The normalized spacial score (nSPS) is 21.0. The van der Waals surface area contributed by atoms with Crippen LogP contribution in [0.4, 0.5) is 13.2 Å². The lowest BCUT2D eigenvalue weighted by atomic mass is 10.1. The van der Waals surface area contributed by atoms with E-state index in [2.05, 4.69) is 4.74 Å². The van der Waals surface area contributed by atoms with E-state index in [1.54, 1.807) is 13.0 Å². The average Bonchev–Trinajstić information content (AvgIpc) is 2.52. The van der Waals surface area contributed by atoms with E-state index < -0.39 is 31.0 Å². The molecule has 25 heavy (non-hydrogen) atoms. The molecule has 9 heteroatoms. The minimum absolute atomic E-state index is 0.0152. The van der Waals surface area contributed by atoms with E-state index in [1.807, 2.05) is 0 Å². The van der Waals surface area contributed by atoms with Crippen molar-refractivity contribution in [3.63, 3.8) is 0 Å². The second-order valence-corrected chi connectivity index (χ2v) is 5.80. The molecule has 0 spiro atoms. The lowest BCUT2D eigenvalue weighted by molar-refractivity contribution is -0.166. The first-order valence-corrected chi connectivity index (χ1v) is 7.58. The Hall–Kier alpha value is -2.29. The van der Waals surface area contributed by atoms with Crippen LogP contribution in [-0.2, 0) is 20.7 Å². The van der Waals surface area contributed by atoms with E-state index in [1.165, 1.54) is 23.1 Å². The van der Waals surface area contributed by atoms with Gasteiger partial charge in [-0.15, -0.1) is 0 Å². The van der Waals surface area contributed by atoms with Gasteiger partial charge in [0.2, 0.25) is 5.91 Å². The summed E-state index contributed by atoms with van der Waals surface area (Å²) in [6.07, 6.45) is -6.02. The SMILES string of the molecule is C[C@@H]1CN(C(=O)Cc2cccc(OCC(F)(F)F)c2)CC(C(=O)O)O1. The fraction of sp³-hybridized carbons (Fsp3) is 0.500. The highest BCUT2D eigenvalue weighted by Gasteiger charge is 2.32. The molecule has 0 aromatic heterocycles. The average molecular weight is 361 g/mol. The second-order valence-electron chi connectivity index (χ2n) is 5.80. The molecule has 1 aliphatic heterocycles. The third-order valence-electron chi connectivity index (χ3n) is 3.54. The molecule has 0 radical (unpaired) electrons. The molecule has 0 bridgehead atoms. The molecule has 138 valence electrons. The van der Waals surface area contributed by atoms with Crippen molar-refractivity contribution in [1.82, 2.24) is 4.90 Å². The van der Waals surface area contributed by atoms with Crippen LogP contribution in [0.15, 0.2) is 24.3 Å². The van der Waals surface area contributed by atoms with Crippen molar-refractivity contribution in [2.24, 2.45) is 0 Å². The topological polar surface area (TPSA) is 76.1 Å². The number of amides is 1. The summed E-state index contributed by atoms with van der Waals surface area (Å²) in [5, 5.41) is 9.04. The van der Waals surface area contributed by atoms with E-state index in [9.17, 15) is 22.8 Å². The molecule has 1 saturated heterocycles. The molecule has 1 heterocycles. The van der Waals surface area contributed by atoms with Crippen molar-refractivity contribution >= 4 is 11.9 Å². The largest absolute Gasteiger partial charge is 0.484 e. The van der Waals surface area contributed by atoms with Crippen molar-refractivity contribution in [2.75, 3.05) is 19.7 Å². The first kappa shape index (κ1) is 19.0. The Balaban J connectivity index is 1.99. The number of hydrogen-bond donors (Lipinski definition) is 1. The van der Waals surface area contributed by atoms with Crippen LogP contribution >= 0.6 is 0 Å². The van der Waals surface area contributed by atoms with Gasteiger partial charge >= 0.3 is 12.1 Å². The smallest absolute Gasteiger partial charge is 0.422 e. The number of carboxylic acids is 1. The molecular formula is C16H18F3NO5. The highest BCUT2D eigenvalue weighted by Crippen LogP contribution is 2.20. The quantitative estimate of drug-likeness (QED) is 0.867. The van der Waals surface area contributed by atoms with Gasteiger partial charge in [-0.05, 0) is 24.6 Å². The van der Waals surface area contributed by atoms with Crippen molar-refractivity contribution in [1.29, 1.82) is 0 Å². The van der Waals surface area contributed by atoms with Gasteiger partial charge in [0.1, 0.15) is 5.75 Å². The van der Waals surface area contributed by atoms with Gasteiger partial charge in [-0.2, -0.15) is 13.2 Å². The number of aliphatic carboxylic acids is 1. The minimum Gasteiger partial charge on any atom is -0.484 e. The summed E-state index contributed by atoms with van der Waals surface area (Å²) >= 11 is 0. The number of halogens is 3. The summed E-state index contributed by atoms with van der Waals surface area (Å²) in [7, 11) is 0. The number of carboxylic acid groups (broad SMARTS) is 1. The number of carbonyl (C=O) groups excluding carboxylic acids is 1. The molecule has 1 unspecified atom stereocenters. The molecule has 1 aromatic carbocycles. The lowest BCUT2D eigenvalue weighted by Gasteiger charge is -2.35. The zero-order valence-electron chi connectivity index (χ0n) is 13.5. The monoisotopic (exact) mass is 361 g/mol. The fourth-order valence-electron chi connectivity index (χ4n) is 2.49. The van der Waals surface area contributed by atoms with Crippen molar-refractivity contribution in [3.8, 4) is 5.75 Å². The van der Waals surface area contributed by atoms with Gasteiger partial charge in [0, 0.05) is 6.54 Å². The van der Waals surface area contributed by atoms with Gasteiger partial charge in [-0.3, -0.25) is 4.79 Å². The van der Waals surface area contributed by atoms with Gasteiger partial charge < -0.3 is 19.5 Å². The molecule has 1 fully saturated rings. The van der Waals surface area contributed by atoms with E-state index in [4.69, 9.17) is 9.84 Å². The highest BCUT2D eigenvalue weighted by molar-refractivity contribution is 5.80. The summed E-state index contributed by atoms with van der Waals surface area (Å²) in [4.78, 5) is 24.8. The van der Waals surface area contributed by atoms with E-state index in [-0.39, 0.29) is 31.2 Å². The first-order chi connectivity index (χ1) is 11.6. The number of carbonyl (C=O) groups is 2. The molecule has 1 aliphatic rings. The van der Waals surface area contributed by atoms with Crippen molar-refractivity contribution in [3.05, 3.63) is 29.8 Å². The second kappa shape index (κ2) is 7.73. The number of alkyl halides is 3. The Morgan fingerprint density at radius 2 is 2.08 bits per heavy atom. The molecule has 0 saturated carbocycles. The number of hydrogen-bond acceptors (Lipinski definition) is 4. The summed E-state index contributed by atoms with van der Waals surface area (Å²) in [5.41, 5.74) is 0.482. The molecule has 1 aromatic rings. The summed E-state index contributed by atoms with van der Waals surface area (Å²) < 4.78 is 46.5. The lowest BCUT2D eigenvalue weighted by Crippen LogP contribution is -2.52. The highest BCUT2D eigenvalue weighted by atomic mass is 19.4. The molecular weight excluding hydrogens is 343 g/mol. The number of ether oxygens (including phenoxy) is 2. The predicted molar refractivity (Wildman–Crippen MR) is 80.2 cm³/mol. The van der Waals surface area contributed by atoms with Crippen LogP contribution < -0.4 is 4.74 Å². The van der Waals surface area contributed by atoms with E-state index >= 15 is 0 Å². The molecule has 1 N–H and O–H groups in total. The maximum absolute atomic E-state index is 12.4. The Kier molecular flexibility index (Phi) is 5.89. The van der Waals surface area contributed by atoms with Gasteiger partial charge in [-0.25, -0.2) is 4.79 Å². The first-order valence-electron chi connectivity index (χ1n) is 7.58.